The summed E-state index contributed by atoms with van der Waals surface area (Å²) in [6, 6.07) is 13.6. The van der Waals surface area contributed by atoms with E-state index in [1.807, 2.05) is 69.3 Å². The van der Waals surface area contributed by atoms with E-state index in [4.69, 9.17) is 17.0 Å². The molecule has 1 heterocycles. The van der Waals surface area contributed by atoms with Crippen molar-refractivity contribution in [1.82, 2.24) is 0 Å². The number of rotatable bonds is 4. The van der Waals surface area contributed by atoms with Gasteiger partial charge in [0.2, 0.25) is 0 Å². The summed E-state index contributed by atoms with van der Waals surface area (Å²) >= 11 is 6.77. The Morgan fingerprint density at radius 3 is 2.64 bits per heavy atom. The lowest BCUT2D eigenvalue weighted by molar-refractivity contribution is -0.113. The molecule has 0 N–H and O–H groups in total. The zero-order chi connectivity index (χ0) is 18.0. The van der Waals surface area contributed by atoms with Gasteiger partial charge in [0, 0.05) is 5.56 Å². The molecule has 1 fully saturated rings. The SMILES string of the molecule is CCOc1ccccc1C=C1SC(=S)N(c2ccc(C)c(C)c2)C1=O. The number of nitrogens with zero attached hydrogens (tertiary/aromatic N) is 1. The Labute approximate surface area is 157 Å². The van der Waals surface area contributed by atoms with E-state index in [0.29, 0.717) is 15.8 Å². The van der Waals surface area contributed by atoms with Gasteiger partial charge in [-0.2, -0.15) is 0 Å². The Kier molecular flexibility index (Phi) is 5.25. The molecule has 1 aliphatic rings. The maximum Gasteiger partial charge on any atom is 0.270 e. The number of hydrogen-bond acceptors (Lipinski definition) is 4. The molecular weight excluding hydrogens is 350 g/mol. The molecule has 0 spiro atoms. The molecule has 1 aliphatic heterocycles. The van der Waals surface area contributed by atoms with Crippen molar-refractivity contribution < 1.29 is 9.53 Å². The van der Waals surface area contributed by atoms with Crippen molar-refractivity contribution in [2.75, 3.05) is 11.5 Å². The molecule has 0 bridgehead atoms. The average molecular weight is 370 g/mol. The van der Waals surface area contributed by atoms with Crippen LogP contribution in [0.1, 0.15) is 23.6 Å². The molecule has 0 radical (unpaired) electrons. The molecule has 0 aliphatic carbocycles. The van der Waals surface area contributed by atoms with Crippen LogP contribution in [0.4, 0.5) is 5.69 Å². The third-order valence-corrected chi connectivity index (χ3v) is 5.35. The minimum Gasteiger partial charge on any atom is -0.493 e. The minimum atomic E-state index is -0.0930. The van der Waals surface area contributed by atoms with Gasteiger partial charge in [-0.25, -0.2) is 0 Å². The Morgan fingerprint density at radius 2 is 1.92 bits per heavy atom. The van der Waals surface area contributed by atoms with Gasteiger partial charge in [0.25, 0.3) is 5.91 Å². The fraction of sp³-hybridized carbons (Fsp3) is 0.200. The molecule has 0 unspecified atom stereocenters. The molecule has 1 saturated heterocycles. The van der Waals surface area contributed by atoms with E-state index in [-0.39, 0.29) is 5.91 Å². The fourth-order valence-electron chi connectivity index (χ4n) is 2.58. The largest absolute Gasteiger partial charge is 0.493 e. The predicted octanol–water partition coefficient (Wildman–Crippen LogP) is 5.11. The van der Waals surface area contributed by atoms with Crippen LogP contribution < -0.4 is 9.64 Å². The smallest absolute Gasteiger partial charge is 0.270 e. The molecule has 5 heteroatoms. The molecule has 128 valence electrons. The van der Waals surface area contributed by atoms with Crippen LogP contribution in [0.3, 0.4) is 0 Å². The van der Waals surface area contributed by atoms with Crippen molar-refractivity contribution in [3.63, 3.8) is 0 Å². The maximum atomic E-state index is 12.9. The van der Waals surface area contributed by atoms with Crippen LogP contribution in [-0.4, -0.2) is 16.8 Å². The van der Waals surface area contributed by atoms with Gasteiger partial charge >= 0.3 is 0 Å². The Morgan fingerprint density at radius 1 is 1.16 bits per heavy atom. The lowest BCUT2D eigenvalue weighted by Crippen LogP contribution is -2.27. The predicted molar refractivity (Wildman–Crippen MR) is 109 cm³/mol. The summed E-state index contributed by atoms with van der Waals surface area (Å²) in [4.78, 5) is 15.1. The van der Waals surface area contributed by atoms with Crippen molar-refractivity contribution in [3.8, 4) is 5.75 Å². The third-order valence-electron chi connectivity index (χ3n) is 4.05. The molecule has 3 nitrogen and oxygen atoms in total. The summed E-state index contributed by atoms with van der Waals surface area (Å²) in [7, 11) is 0. The van der Waals surface area contributed by atoms with E-state index in [1.165, 1.54) is 17.3 Å². The highest BCUT2D eigenvalue weighted by atomic mass is 32.2. The van der Waals surface area contributed by atoms with Crippen LogP contribution in [0.25, 0.3) is 6.08 Å². The highest BCUT2D eigenvalue weighted by molar-refractivity contribution is 8.27. The lowest BCUT2D eigenvalue weighted by atomic mass is 10.1. The number of anilines is 1. The van der Waals surface area contributed by atoms with Crippen LogP contribution in [-0.2, 0) is 4.79 Å². The number of amides is 1. The number of ether oxygens (including phenoxy) is 1. The van der Waals surface area contributed by atoms with E-state index in [2.05, 4.69) is 0 Å². The normalized spacial score (nSPS) is 16.0. The minimum absolute atomic E-state index is 0.0930. The first-order valence-corrected chi connectivity index (χ1v) is 9.30. The van der Waals surface area contributed by atoms with Crippen LogP contribution in [0, 0.1) is 13.8 Å². The highest BCUT2D eigenvalue weighted by Crippen LogP contribution is 2.37. The summed E-state index contributed by atoms with van der Waals surface area (Å²) in [5.74, 6) is 0.672. The molecule has 2 aromatic rings. The second-order valence-electron chi connectivity index (χ2n) is 5.76. The van der Waals surface area contributed by atoms with E-state index in [9.17, 15) is 4.79 Å². The number of thiocarbonyl (C=S) groups is 1. The Hall–Kier alpha value is -2.11. The summed E-state index contributed by atoms with van der Waals surface area (Å²) in [6.07, 6.45) is 1.85. The molecule has 25 heavy (non-hydrogen) atoms. The topological polar surface area (TPSA) is 29.5 Å². The number of carbonyl (C=O) groups is 1. The number of para-hydroxylation sites is 1. The molecule has 0 saturated carbocycles. The fourth-order valence-corrected chi connectivity index (χ4v) is 3.87. The summed E-state index contributed by atoms with van der Waals surface area (Å²) < 4.78 is 6.19. The molecule has 0 atom stereocenters. The van der Waals surface area contributed by atoms with Crippen LogP contribution in [0.2, 0.25) is 0 Å². The Bertz CT molecular complexity index is 874. The van der Waals surface area contributed by atoms with Gasteiger partial charge in [-0.1, -0.05) is 48.2 Å². The molecule has 2 aromatic carbocycles. The maximum absolute atomic E-state index is 12.9. The van der Waals surface area contributed by atoms with Gasteiger partial charge in [0.15, 0.2) is 4.32 Å². The number of benzene rings is 2. The zero-order valence-corrected chi connectivity index (χ0v) is 16.0. The van der Waals surface area contributed by atoms with Crippen LogP contribution >= 0.6 is 24.0 Å². The van der Waals surface area contributed by atoms with E-state index in [0.717, 1.165) is 22.6 Å². The van der Waals surface area contributed by atoms with E-state index in [1.54, 1.807) is 4.90 Å². The first-order valence-electron chi connectivity index (χ1n) is 8.08. The second kappa shape index (κ2) is 7.42. The van der Waals surface area contributed by atoms with Gasteiger partial charge in [-0.15, -0.1) is 0 Å². The Balaban J connectivity index is 1.95. The third kappa shape index (κ3) is 3.62. The second-order valence-corrected chi connectivity index (χ2v) is 7.43. The molecule has 1 amide bonds. The first-order chi connectivity index (χ1) is 12.0. The number of hydrogen-bond donors (Lipinski definition) is 0. The summed E-state index contributed by atoms with van der Waals surface area (Å²) in [5, 5.41) is 0. The van der Waals surface area contributed by atoms with Crippen molar-refractivity contribution in [2.45, 2.75) is 20.8 Å². The monoisotopic (exact) mass is 369 g/mol. The number of aryl methyl sites for hydroxylation is 2. The highest BCUT2D eigenvalue weighted by Gasteiger charge is 2.33. The number of carbonyl (C=O) groups excluding carboxylic acids is 1. The average Bonchev–Trinajstić information content (AvgIpc) is 2.86. The van der Waals surface area contributed by atoms with E-state index >= 15 is 0 Å². The standard InChI is InChI=1S/C20H19NO2S2/c1-4-23-17-8-6-5-7-15(17)12-18-19(22)21(20(24)25-18)16-10-9-13(2)14(3)11-16/h5-12H,4H2,1-3H3. The summed E-state index contributed by atoms with van der Waals surface area (Å²) in [5.41, 5.74) is 4.02. The van der Waals surface area contributed by atoms with Crippen molar-refractivity contribution in [1.29, 1.82) is 0 Å². The lowest BCUT2D eigenvalue weighted by Gasteiger charge is -2.16. The quantitative estimate of drug-likeness (QED) is 0.553. The van der Waals surface area contributed by atoms with Gasteiger partial charge in [0.1, 0.15) is 5.75 Å². The number of thioether (sulfide) groups is 1. The van der Waals surface area contributed by atoms with E-state index < -0.39 is 0 Å². The zero-order valence-electron chi connectivity index (χ0n) is 14.4. The molecule has 3 rings (SSSR count). The van der Waals surface area contributed by atoms with Crippen LogP contribution in [0.15, 0.2) is 47.4 Å². The molecular formula is C20H19NO2S2. The van der Waals surface area contributed by atoms with Crippen molar-refractivity contribution in [2.24, 2.45) is 0 Å². The molecule has 0 aromatic heterocycles. The first kappa shape index (κ1) is 17.7. The van der Waals surface area contributed by atoms with Gasteiger partial charge < -0.3 is 4.74 Å². The van der Waals surface area contributed by atoms with Gasteiger partial charge in [0.05, 0.1) is 17.2 Å². The van der Waals surface area contributed by atoms with Crippen LogP contribution in [0.5, 0.6) is 5.75 Å². The van der Waals surface area contributed by atoms with Crippen molar-refractivity contribution >= 4 is 46.0 Å². The summed E-state index contributed by atoms with van der Waals surface area (Å²) in [6.45, 7) is 6.60. The van der Waals surface area contributed by atoms with Gasteiger partial charge in [-0.3, -0.25) is 9.69 Å². The van der Waals surface area contributed by atoms with Crippen molar-refractivity contribution in [3.05, 3.63) is 64.1 Å². The van der Waals surface area contributed by atoms with Gasteiger partial charge in [-0.05, 0) is 56.2 Å².